The van der Waals surface area contributed by atoms with Gasteiger partial charge in [-0.15, -0.1) is 11.3 Å². The zero-order valence-corrected chi connectivity index (χ0v) is 11.4. The number of nitrogens with one attached hydrogen (secondary N) is 1. The molecule has 1 heterocycles. The average Bonchev–Trinajstić information content (AvgIpc) is 2.71. The molecule has 0 aromatic carbocycles. The van der Waals surface area contributed by atoms with Crippen LogP contribution in [0.25, 0.3) is 0 Å². The molecule has 3 N–H and O–H groups in total. The van der Waals surface area contributed by atoms with Crippen molar-refractivity contribution in [2.24, 2.45) is 0 Å². The number of carbonyl (C=O) groups excluding carboxylic acids is 1. The first kappa shape index (κ1) is 14.7. The molecule has 7 heteroatoms. The van der Waals surface area contributed by atoms with E-state index in [9.17, 15) is 9.90 Å². The quantitative estimate of drug-likeness (QED) is 0.719. The summed E-state index contributed by atoms with van der Waals surface area (Å²) >= 11 is 12.1. The molecule has 2 atom stereocenters. The SMILES string of the molecule is Cc1csc([C@H](O)[C@@H](CO)NC(=O)C(Cl)Cl)c1. The van der Waals surface area contributed by atoms with Crippen molar-refractivity contribution in [1.29, 1.82) is 0 Å². The van der Waals surface area contributed by atoms with Crippen molar-refractivity contribution in [1.82, 2.24) is 5.32 Å². The fourth-order valence-electron chi connectivity index (χ4n) is 1.28. The molecule has 4 nitrogen and oxygen atoms in total. The van der Waals surface area contributed by atoms with E-state index in [-0.39, 0.29) is 0 Å². The van der Waals surface area contributed by atoms with Crippen LogP contribution < -0.4 is 5.32 Å². The molecule has 0 radical (unpaired) electrons. The highest BCUT2D eigenvalue weighted by Gasteiger charge is 2.25. The lowest BCUT2D eigenvalue weighted by atomic mass is 10.1. The minimum atomic E-state index is -1.22. The van der Waals surface area contributed by atoms with Crippen molar-refractivity contribution >= 4 is 40.4 Å². The van der Waals surface area contributed by atoms with E-state index in [0.29, 0.717) is 4.88 Å². The Hall–Kier alpha value is -0.330. The van der Waals surface area contributed by atoms with Crippen molar-refractivity contribution in [3.63, 3.8) is 0 Å². The first-order valence-corrected chi connectivity index (χ1v) is 6.63. The maximum Gasteiger partial charge on any atom is 0.253 e. The molecule has 0 saturated carbocycles. The highest BCUT2D eigenvalue weighted by Crippen LogP contribution is 2.24. The number of hydrogen-bond acceptors (Lipinski definition) is 4. The summed E-state index contributed by atoms with van der Waals surface area (Å²) in [6, 6.07) is 0.976. The van der Waals surface area contributed by atoms with Gasteiger partial charge in [0.1, 0.15) is 6.10 Å². The van der Waals surface area contributed by atoms with Gasteiger partial charge in [0, 0.05) is 4.88 Å². The Morgan fingerprint density at radius 1 is 1.59 bits per heavy atom. The van der Waals surface area contributed by atoms with Crippen LogP contribution in [0.3, 0.4) is 0 Å². The summed E-state index contributed by atoms with van der Waals surface area (Å²) < 4.78 is 0. The third kappa shape index (κ3) is 4.12. The van der Waals surface area contributed by atoms with Gasteiger partial charge in [0.05, 0.1) is 12.6 Å². The summed E-state index contributed by atoms with van der Waals surface area (Å²) in [5.41, 5.74) is 1.01. The monoisotopic (exact) mass is 297 g/mol. The molecule has 0 aliphatic carbocycles. The lowest BCUT2D eigenvalue weighted by Crippen LogP contribution is -2.43. The number of carbonyl (C=O) groups is 1. The smallest absolute Gasteiger partial charge is 0.253 e. The number of aryl methyl sites for hydroxylation is 1. The molecule has 0 fully saturated rings. The summed E-state index contributed by atoms with van der Waals surface area (Å²) in [5.74, 6) is -0.639. The number of rotatable bonds is 5. The van der Waals surface area contributed by atoms with Crippen LogP contribution in [0.4, 0.5) is 0 Å². The minimum Gasteiger partial charge on any atom is -0.394 e. The molecular weight excluding hydrogens is 285 g/mol. The Balaban J connectivity index is 2.70. The Morgan fingerprint density at radius 2 is 2.24 bits per heavy atom. The second-order valence-electron chi connectivity index (χ2n) is 3.57. The number of hydrogen-bond donors (Lipinski definition) is 3. The molecule has 17 heavy (non-hydrogen) atoms. The normalized spacial score (nSPS) is 14.7. The summed E-state index contributed by atoms with van der Waals surface area (Å²) in [6.07, 6.45) is -0.977. The molecule has 1 rings (SSSR count). The molecule has 0 unspecified atom stereocenters. The number of amides is 1. The van der Waals surface area contributed by atoms with E-state index in [1.54, 1.807) is 6.07 Å². The first-order chi connectivity index (χ1) is 7.95. The van der Waals surface area contributed by atoms with Crippen LogP contribution in [-0.4, -0.2) is 33.6 Å². The van der Waals surface area contributed by atoms with E-state index >= 15 is 0 Å². The van der Waals surface area contributed by atoms with Gasteiger partial charge >= 0.3 is 0 Å². The highest BCUT2D eigenvalue weighted by molar-refractivity contribution is 7.10. The Bertz CT molecular complexity index is 383. The minimum absolute atomic E-state index is 0.398. The Morgan fingerprint density at radius 3 is 2.65 bits per heavy atom. The van der Waals surface area contributed by atoms with Crippen LogP contribution in [0.2, 0.25) is 0 Å². The van der Waals surface area contributed by atoms with E-state index in [4.69, 9.17) is 28.3 Å². The number of halogens is 2. The molecule has 0 aliphatic rings. The molecule has 0 spiro atoms. The van der Waals surface area contributed by atoms with Gasteiger partial charge in [-0.05, 0) is 23.9 Å². The molecular formula is C10H13Cl2NO3S. The van der Waals surface area contributed by atoms with Crippen LogP contribution in [0.5, 0.6) is 0 Å². The fourth-order valence-corrected chi connectivity index (χ4v) is 2.35. The van der Waals surface area contributed by atoms with Gasteiger partial charge in [-0.25, -0.2) is 0 Å². The lowest BCUT2D eigenvalue weighted by molar-refractivity contribution is -0.121. The number of aliphatic hydroxyl groups is 2. The molecule has 1 aromatic rings. The van der Waals surface area contributed by atoms with Gasteiger partial charge in [-0.2, -0.15) is 0 Å². The van der Waals surface area contributed by atoms with Crippen LogP contribution in [0.15, 0.2) is 11.4 Å². The zero-order chi connectivity index (χ0) is 13.0. The Labute approximate surface area is 113 Å². The van der Waals surface area contributed by atoms with Gasteiger partial charge < -0.3 is 15.5 Å². The zero-order valence-electron chi connectivity index (χ0n) is 9.06. The van der Waals surface area contributed by atoms with Crippen LogP contribution in [0.1, 0.15) is 16.5 Å². The van der Waals surface area contributed by atoms with Gasteiger partial charge in [-0.3, -0.25) is 4.79 Å². The van der Waals surface area contributed by atoms with Crippen LogP contribution in [-0.2, 0) is 4.79 Å². The van der Waals surface area contributed by atoms with Crippen molar-refractivity contribution in [2.45, 2.75) is 23.9 Å². The maximum absolute atomic E-state index is 11.3. The molecule has 0 saturated heterocycles. The maximum atomic E-state index is 11.3. The Kier molecular flexibility index (Phi) is 5.69. The lowest BCUT2D eigenvalue weighted by Gasteiger charge is -2.21. The van der Waals surface area contributed by atoms with E-state index in [1.165, 1.54) is 11.3 Å². The first-order valence-electron chi connectivity index (χ1n) is 4.88. The number of thiophene rings is 1. The van der Waals surface area contributed by atoms with E-state index in [2.05, 4.69) is 5.32 Å². The van der Waals surface area contributed by atoms with Crippen molar-refractivity contribution in [3.8, 4) is 0 Å². The summed E-state index contributed by atoms with van der Waals surface area (Å²) in [5, 5.41) is 23.4. The molecule has 0 aliphatic heterocycles. The summed E-state index contributed by atoms with van der Waals surface area (Å²) in [7, 11) is 0. The van der Waals surface area contributed by atoms with Crippen molar-refractivity contribution in [2.75, 3.05) is 6.61 Å². The van der Waals surface area contributed by atoms with Gasteiger partial charge in [-0.1, -0.05) is 23.2 Å². The number of alkyl halides is 2. The topological polar surface area (TPSA) is 69.6 Å². The average molecular weight is 298 g/mol. The van der Waals surface area contributed by atoms with Gasteiger partial charge in [0.2, 0.25) is 0 Å². The number of aliphatic hydroxyl groups excluding tert-OH is 2. The predicted molar refractivity (Wildman–Crippen MR) is 68.5 cm³/mol. The molecule has 1 aromatic heterocycles. The van der Waals surface area contributed by atoms with E-state index < -0.39 is 29.5 Å². The largest absolute Gasteiger partial charge is 0.394 e. The van der Waals surface area contributed by atoms with Crippen molar-refractivity contribution in [3.05, 3.63) is 21.9 Å². The van der Waals surface area contributed by atoms with Gasteiger partial charge in [0.15, 0.2) is 4.84 Å². The second kappa shape index (κ2) is 6.56. The fraction of sp³-hybridized carbons (Fsp3) is 0.500. The van der Waals surface area contributed by atoms with Crippen LogP contribution in [0, 0.1) is 6.92 Å². The third-order valence-electron chi connectivity index (χ3n) is 2.15. The molecule has 0 bridgehead atoms. The standard InChI is InChI=1S/C10H13Cl2NO3S/c1-5-2-7(17-4-5)8(15)6(3-14)13-10(16)9(11)12/h2,4,6,8-9,14-15H,3H2,1H3,(H,13,16)/t6-,8-/m1/s1. The van der Waals surface area contributed by atoms with E-state index in [1.807, 2.05) is 12.3 Å². The van der Waals surface area contributed by atoms with Crippen molar-refractivity contribution < 1.29 is 15.0 Å². The van der Waals surface area contributed by atoms with Crippen LogP contribution >= 0.6 is 34.5 Å². The summed E-state index contributed by atoms with van der Waals surface area (Å²) in [6.45, 7) is 1.50. The van der Waals surface area contributed by atoms with Gasteiger partial charge in [0.25, 0.3) is 5.91 Å². The van der Waals surface area contributed by atoms with E-state index in [0.717, 1.165) is 5.56 Å². The molecule has 96 valence electrons. The molecule has 1 amide bonds. The highest BCUT2D eigenvalue weighted by atomic mass is 35.5. The predicted octanol–water partition coefficient (Wildman–Crippen LogP) is 1.37. The summed E-state index contributed by atoms with van der Waals surface area (Å²) in [4.78, 5) is 10.7. The second-order valence-corrected chi connectivity index (χ2v) is 5.61. The third-order valence-corrected chi connectivity index (χ3v) is 3.66.